The third-order valence-electron chi connectivity index (χ3n) is 2.58. The van der Waals surface area contributed by atoms with Gasteiger partial charge in [-0.3, -0.25) is 0 Å². The summed E-state index contributed by atoms with van der Waals surface area (Å²) in [5, 5.41) is 8.65. The van der Waals surface area contributed by atoms with E-state index in [2.05, 4.69) is 22.7 Å². The molecule has 3 heteroatoms. The minimum Gasteiger partial charge on any atom is -0.396 e. The van der Waals surface area contributed by atoms with Crippen molar-refractivity contribution in [3.05, 3.63) is 18.2 Å². The SMILES string of the molecule is CCCc1nccn1CCCCCCO. The largest absolute Gasteiger partial charge is 0.396 e. The fourth-order valence-electron chi connectivity index (χ4n) is 1.74. The third-order valence-corrected chi connectivity index (χ3v) is 2.58. The minimum absolute atomic E-state index is 0.326. The Hall–Kier alpha value is -0.830. The van der Waals surface area contributed by atoms with Crippen LogP contribution >= 0.6 is 0 Å². The quantitative estimate of drug-likeness (QED) is 0.669. The molecule has 0 amide bonds. The minimum atomic E-state index is 0.326. The molecule has 86 valence electrons. The molecule has 0 aromatic carbocycles. The van der Waals surface area contributed by atoms with Gasteiger partial charge in [0.1, 0.15) is 5.82 Å². The first-order valence-corrected chi connectivity index (χ1v) is 5.99. The second-order valence-corrected chi connectivity index (χ2v) is 3.92. The van der Waals surface area contributed by atoms with E-state index < -0.39 is 0 Å². The molecule has 0 saturated heterocycles. The predicted octanol–water partition coefficient (Wildman–Crippen LogP) is 2.39. The highest BCUT2D eigenvalue weighted by molar-refractivity contribution is 4.92. The Morgan fingerprint density at radius 1 is 1.27 bits per heavy atom. The number of imidazole rings is 1. The van der Waals surface area contributed by atoms with Gasteiger partial charge in [-0.25, -0.2) is 4.98 Å². The molecule has 0 fully saturated rings. The lowest BCUT2D eigenvalue weighted by atomic mass is 10.2. The number of aromatic nitrogens is 2. The predicted molar refractivity (Wildman–Crippen MR) is 61.8 cm³/mol. The van der Waals surface area contributed by atoms with Crippen LogP contribution in [0.2, 0.25) is 0 Å². The lowest BCUT2D eigenvalue weighted by Gasteiger charge is -2.06. The highest BCUT2D eigenvalue weighted by atomic mass is 16.2. The number of hydrogen-bond donors (Lipinski definition) is 1. The number of hydrogen-bond acceptors (Lipinski definition) is 2. The van der Waals surface area contributed by atoms with E-state index in [1.807, 2.05) is 6.20 Å². The van der Waals surface area contributed by atoms with E-state index in [9.17, 15) is 0 Å². The average molecular weight is 210 g/mol. The number of aliphatic hydroxyl groups excluding tert-OH is 1. The molecule has 0 atom stereocenters. The van der Waals surface area contributed by atoms with Gasteiger partial charge in [0.25, 0.3) is 0 Å². The summed E-state index contributed by atoms with van der Waals surface area (Å²) in [6.07, 6.45) is 10.6. The first kappa shape index (κ1) is 12.2. The van der Waals surface area contributed by atoms with Gasteiger partial charge in [-0.05, 0) is 19.3 Å². The molecule has 0 aliphatic carbocycles. The van der Waals surface area contributed by atoms with Crippen molar-refractivity contribution in [3.63, 3.8) is 0 Å². The molecule has 0 aliphatic rings. The maximum Gasteiger partial charge on any atom is 0.108 e. The molecule has 0 aliphatic heterocycles. The summed E-state index contributed by atoms with van der Waals surface area (Å²) in [6.45, 7) is 3.58. The van der Waals surface area contributed by atoms with Crippen LogP contribution in [0, 0.1) is 0 Å². The maximum atomic E-state index is 8.65. The highest BCUT2D eigenvalue weighted by Gasteiger charge is 2.00. The van der Waals surface area contributed by atoms with Crippen LogP contribution in [0.5, 0.6) is 0 Å². The van der Waals surface area contributed by atoms with Crippen LogP contribution in [0.1, 0.15) is 44.9 Å². The Morgan fingerprint density at radius 3 is 2.80 bits per heavy atom. The molecule has 15 heavy (non-hydrogen) atoms. The van der Waals surface area contributed by atoms with Crippen LogP contribution in [-0.4, -0.2) is 21.3 Å². The van der Waals surface area contributed by atoms with Crippen molar-refractivity contribution >= 4 is 0 Å². The molecule has 3 nitrogen and oxygen atoms in total. The van der Waals surface area contributed by atoms with Crippen molar-refractivity contribution < 1.29 is 5.11 Å². The molecule has 1 aromatic rings. The zero-order valence-electron chi connectivity index (χ0n) is 9.65. The standard InChI is InChI=1S/C12H22N2O/c1-2-7-12-13-8-10-14(12)9-5-3-4-6-11-15/h8,10,15H,2-7,9,11H2,1H3. The van der Waals surface area contributed by atoms with Crippen LogP contribution in [0.3, 0.4) is 0 Å². The Labute approximate surface area is 92.1 Å². The smallest absolute Gasteiger partial charge is 0.108 e. The molecular weight excluding hydrogens is 188 g/mol. The zero-order valence-corrected chi connectivity index (χ0v) is 9.65. The Bertz CT molecular complexity index is 258. The number of aliphatic hydroxyl groups is 1. The van der Waals surface area contributed by atoms with E-state index in [1.165, 1.54) is 18.7 Å². The number of nitrogens with zero attached hydrogens (tertiary/aromatic N) is 2. The summed E-state index contributed by atoms with van der Waals surface area (Å²) >= 11 is 0. The van der Waals surface area contributed by atoms with E-state index in [4.69, 9.17) is 5.11 Å². The molecule has 1 aromatic heterocycles. The van der Waals surface area contributed by atoms with E-state index in [1.54, 1.807) is 0 Å². The van der Waals surface area contributed by atoms with Crippen LogP contribution in [0.25, 0.3) is 0 Å². The van der Waals surface area contributed by atoms with Crippen LogP contribution in [-0.2, 0) is 13.0 Å². The summed E-state index contributed by atoms with van der Waals surface area (Å²) in [7, 11) is 0. The van der Waals surface area contributed by atoms with E-state index in [-0.39, 0.29) is 0 Å². The molecule has 0 unspecified atom stereocenters. The maximum absolute atomic E-state index is 8.65. The van der Waals surface area contributed by atoms with Crippen molar-refractivity contribution in [3.8, 4) is 0 Å². The van der Waals surface area contributed by atoms with Crippen molar-refractivity contribution in [2.75, 3.05) is 6.61 Å². The molecule has 1 rings (SSSR count). The molecule has 0 bridgehead atoms. The monoisotopic (exact) mass is 210 g/mol. The lowest BCUT2D eigenvalue weighted by Crippen LogP contribution is -2.03. The van der Waals surface area contributed by atoms with Gasteiger partial charge >= 0.3 is 0 Å². The van der Waals surface area contributed by atoms with Crippen LogP contribution in [0.15, 0.2) is 12.4 Å². The Kier molecular flexibility index (Phi) is 6.09. The Balaban J connectivity index is 2.21. The molecule has 0 radical (unpaired) electrons. The molecule has 0 spiro atoms. The normalized spacial score (nSPS) is 10.8. The summed E-state index contributed by atoms with van der Waals surface area (Å²) in [5.41, 5.74) is 0. The van der Waals surface area contributed by atoms with Crippen molar-refractivity contribution in [1.29, 1.82) is 0 Å². The van der Waals surface area contributed by atoms with Crippen molar-refractivity contribution in [1.82, 2.24) is 9.55 Å². The van der Waals surface area contributed by atoms with Crippen LogP contribution < -0.4 is 0 Å². The van der Waals surface area contributed by atoms with Crippen LogP contribution in [0.4, 0.5) is 0 Å². The molecule has 1 N–H and O–H groups in total. The summed E-state index contributed by atoms with van der Waals surface area (Å²) in [5.74, 6) is 1.21. The third kappa shape index (κ3) is 4.47. The number of rotatable bonds is 8. The van der Waals surface area contributed by atoms with Gasteiger partial charge in [-0.2, -0.15) is 0 Å². The van der Waals surface area contributed by atoms with Gasteiger partial charge in [-0.15, -0.1) is 0 Å². The van der Waals surface area contributed by atoms with Crippen molar-refractivity contribution in [2.45, 2.75) is 52.0 Å². The first-order chi connectivity index (χ1) is 7.38. The van der Waals surface area contributed by atoms with Gasteiger partial charge in [0.15, 0.2) is 0 Å². The van der Waals surface area contributed by atoms with Gasteiger partial charge < -0.3 is 9.67 Å². The topological polar surface area (TPSA) is 38.0 Å². The summed E-state index contributed by atoms with van der Waals surface area (Å²) in [6, 6.07) is 0. The lowest BCUT2D eigenvalue weighted by molar-refractivity contribution is 0.282. The number of unbranched alkanes of at least 4 members (excludes halogenated alkanes) is 3. The average Bonchev–Trinajstić information content (AvgIpc) is 2.66. The molecule has 0 saturated carbocycles. The fraction of sp³-hybridized carbons (Fsp3) is 0.750. The van der Waals surface area contributed by atoms with Gasteiger partial charge in [-0.1, -0.05) is 19.8 Å². The van der Waals surface area contributed by atoms with E-state index in [0.29, 0.717) is 6.61 Å². The van der Waals surface area contributed by atoms with E-state index >= 15 is 0 Å². The first-order valence-electron chi connectivity index (χ1n) is 5.99. The number of aryl methyl sites for hydroxylation is 2. The highest BCUT2D eigenvalue weighted by Crippen LogP contribution is 2.06. The zero-order chi connectivity index (χ0) is 10.9. The second kappa shape index (κ2) is 7.46. The van der Waals surface area contributed by atoms with Gasteiger partial charge in [0, 0.05) is 32.0 Å². The van der Waals surface area contributed by atoms with Gasteiger partial charge in [0.05, 0.1) is 0 Å². The van der Waals surface area contributed by atoms with E-state index in [0.717, 1.165) is 32.2 Å². The molecule has 1 heterocycles. The summed E-state index contributed by atoms with van der Waals surface area (Å²) in [4.78, 5) is 4.34. The van der Waals surface area contributed by atoms with Gasteiger partial charge in [0.2, 0.25) is 0 Å². The Morgan fingerprint density at radius 2 is 2.07 bits per heavy atom. The van der Waals surface area contributed by atoms with Crippen molar-refractivity contribution in [2.24, 2.45) is 0 Å². The fourth-order valence-corrected chi connectivity index (χ4v) is 1.74. The molecular formula is C12H22N2O. The second-order valence-electron chi connectivity index (χ2n) is 3.92. The summed E-state index contributed by atoms with van der Waals surface area (Å²) < 4.78 is 2.25.